The molecular weight excluding hydrogens is 439 g/mol. The minimum absolute atomic E-state index is 0.335. The molecule has 0 unspecified atom stereocenters. The first-order valence-electron chi connectivity index (χ1n) is 10.6. The Balaban J connectivity index is 1.67. The molecule has 0 amide bonds. The van der Waals surface area contributed by atoms with E-state index in [0.717, 1.165) is 0 Å². The van der Waals surface area contributed by atoms with Crippen LogP contribution in [0.3, 0.4) is 0 Å². The van der Waals surface area contributed by atoms with E-state index in [-0.39, 0.29) is 0 Å². The van der Waals surface area contributed by atoms with E-state index >= 15 is 0 Å². The normalized spacial score (nSPS) is 13.5. The fourth-order valence-electron chi connectivity index (χ4n) is 5.08. The van der Waals surface area contributed by atoms with Crippen molar-refractivity contribution in [3.63, 3.8) is 0 Å². The first kappa shape index (κ1) is 17.3. The Bertz CT molecular complexity index is 1510. The van der Waals surface area contributed by atoms with Crippen molar-refractivity contribution in [2.75, 3.05) is 0 Å². The van der Waals surface area contributed by atoms with Gasteiger partial charge in [0.1, 0.15) is 0 Å². The quantitative estimate of drug-likeness (QED) is 0.253. The maximum atomic E-state index is 2.40. The van der Waals surface area contributed by atoms with Crippen molar-refractivity contribution in [1.82, 2.24) is 0 Å². The third-order valence-corrected chi connectivity index (χ3v) is 8.84. The Kier molecular flexibility index (Phi) is 3.66. The number of rotatable bonds is 0. The summed E-state index contributed by atoms with van der Waals surface area (Å²) in [7, 11) is 0. The molecule has 0 spiro atoms. The molecule has 1 heteroatoms. The van der Waals surface area contributed by atoms with Crippen LogP contribution in [0, 0.1) is 0 Å². The Labute approximate surface area is 188 Å². The monoisotopic (exact) mass is 458 g/mol. The van der Waals surface area contributed by atoms with E-state index in [4.69, 9.17) is 0 Å². The van der Waals surface area contributed by atoms with Crippen LogP contribution in [0.4, 0.5) is 0 Å². The van der Waals surface area contributed by atoms with Gasteiger partial charge in [-0.25, -0.2) is 0 Å². The molecule has 0 atom stereocenters. The average molecular weight is 457 g/mol. The fourth-order valence-corrected chi connectivity index (χ4v) is 7.37. The Morgan fingerprint density at radius 3 is 1.45 bits per heavy atom. The third-order valence-electron chi connectivity index (χ3n) is 6.42. The first-order valence-corrected chi connectivity index (χ1v) is 12.3. The Morgan fingerprint density at radius 1 is 0.355 bits per heavy atom. The third kappa shape index (κ3) is 2.48. The molecule has 7 rings (SSSR count). The van der Waals surface area contributed by atoms with E-state index in [9.17, 15) is 0 Å². The fraction of sp³-hybridized carbons (Fsp3) is 0. The molecule has 0 saturated heterocycles. The Hall–Kier alpha value is -3.38. The van der Waals surface area contributed by atoms with Gasteiger partial charge in [-0.15, -0.1) is 0 Å². The van der Waals surface area contributed by atoms with Crippen LogP contribution >= 0.6 is 0 Å². The summed E-state index contributed by atoms with van der Waals surface area (Å²) in [5.74, 6) is 0. The minimum atomic E-state index is 0.335. The van der Waals surface area contributed by atoms with Crippen molar-refractivity contribution in [2.24, 2.45) is 0 Å². The molecule has 0 fully saturated rings. The van der Waals surface area contributed by atoms with E-state index in [2.05, 4.69) is 109 Å². The van der Waals surface area contributed by atoms with Crippen LogP contribution < -0.4 is 8.92 Å². The molecule has 0 radical (unpaired) electrons. The first-order chi connectivity index (χ1) is 15.4. The number of benzene rings is 5. The van der Waals surface area contributed by atoms with E-state index in [1.165, 1.54) is 64.2 Å². The van der Waals surface area contributed by atoms with Crippen molar-refractivity contribution >= 4 is 45.8 Å². The molecular formula is C30H18Se. The topological polar surface area (TPSA) is 0 Å². The molecule has 144 valence electrons. The zero-order valence-corrected chi connectivity index (χ0v) is 18.5. The van der Waals surface area contributed by atoms with Crippen LogP contribution in [0.25, 0.3) is 33.0 Å². The van der Waals surface area contributed by atoms with Gasteiger partial charge >= 0.3 is 188 Å². The maximum absolute atomic E-state index is 2.40. The van der Waals surface area contributed by atoms with E-state index in [1.54, 1.807) is 0 Å². The van der Waals surface area contributed by atoms with Crippen LogP contribution in [-0.4, -0.2) is 15.0 Å². The molecule has 2 aliphatic rings. The predicted octanol–water partition coefficient (Wildman–Crippen LogP) is 5.80. The van der Waals surface area contributed by atoms with Gasteiger partial charge in [-0.3, -0.25) is 0 Å². The predicted molar refractivity (Wildman–Crippen MR) is 132 cm³/mol. The summed E-state index contributed by atoms with van der Waals surface area (Å²) in [5.41, 5.74) is 11.0. The van der Waals surface area contributed by atoms with Crippen LogP contribution in [0.2, 0.25) is 0 Å². The second kappa shape index (κ2) is 6.56. The van der Waals surface area contributed by atoms with Crippen LogP contribution in [0.1, 0.15) is 22.3 Å². The van der Waals surface area contributed by atoms with Gasteiger partial charge in [-0.05, 0) is 0 Å². The van der Waals surface area contributed by atoms with Gasteiger partial charge in [-0.1, -0.05) is 0 Å². The summed E-state index contributed by atoms with van der Waals surface area (Å²) in [5, 5.41) is 2.60. The molecule has 0 aromatic heterocycles. The SMILES string of the molecule is c1ccc2c(c1)[Se]c1ccccc1C2=C1c2ccccc2-c2cc3ccccc3cc21. The summed E-state index contributed by atoms with van der Waals surface area (Å²) in [6.07, 6.45) is 0. The average Bonchev–Trinajstić information content (AvgIpc) is 3.14. The summed E-state index contributed by atoms with van der Waals surface area (Å²) >= 11 is 0.335. The van der Waals surface area contributed by atoms with E-state index < -0.39 is 0 Å². The van der Waals surface area contributed by atoms with E-state index in [0.29, 0.717) is 15.0 Å². The molecule has 5 aromatic carbocycles. The Morgan fingerprint density at radius 2 is 0.806 bits per heavy atom. The molecule has 0 saturated carbocycles. The van der Waals surface area contributed by atoms with E-state index in [1.807, 2.05) is 0 Å². The van der Waals surface area contributed by atoms with Gasteiger partial charge in [-0.2, -0.15) is 0 Å². The summed E-state index contributed by atoms with van der Waals surface area (Å²) < 4.78 is 2.95. The van der Waals surface area contributed by atoms with Gasteiger partial charge < -0.3 is 0 Å². The second-order valence-corrected chi connectivity index (χ2v) is 10.4. The van der Waals surface area contributed by atoms with Crippen LogP contribution in [0.5, 0.6) is 0 Å². The number of hydrogen-bond acceptors (Lipinski definition) is 0. The zero-order valence-electron chi connectivity index (χ0n) is 16.8. The van der Waals surface area contributed by atoms with Crippen molar-refractivity contribution in [1.29, 1.82) is 0 Å². The summed E-state index contributed by atoms with van der Waals surface area (Å²) in [6.45, 7) is 0. The second-order valence-electron chi connectivity index (χ2n) is 8.13. The van der Waals surface area contributed by atoms with Crippen LogP contribution in [-0.2, 0) is 0 Å². The summed E-state index contributed by atoms with van der Waals surface area (Å²) in [6, 6.07) is 40.4. The van der Waals surface area contributed by atoms with Crippen molar-refractivity contribution in [3.05, 3.63) is 131 Å². The summed E-state index contributed by atoms with van der Waals surface area (Å²) in [4.78, 5) is 0. The van der Waals surface area contributed by atoms with Gasteiger partial charge in [0.05, 0.1) is 0 Å². The molecule has 0 N–H and O–H groups in total. The van der Waals surface area contributed by atoms with Gasteiger partial charge in [0.15, 0.2) is 0 Å². The van der Waals surface area contributed by atoms with Gasteiger partial charge in [0.2, 0.25) is 0 Å². The molecule has 31 heavy (non-hydrogen) atoms. The number of hydrogen-bond donors (Lipinski definition) is 0. The molecule has 1 aliphatic heterocycles. The molecule has 0 nitrogen and oxygen atoms in total. The standard InChI is InChI=1S/C30H18Se/c1-2-10-20-18-26-25(17-19(20)9-1)21-11-3-4-12-22(21)29(26)30-23-13-5-7-15-27(23)31-28-16-8-6-14-24(28)30/h1-18H. The van der Waals surface area contributed by atoms with Crippen molar-refractivity contribution in [2.45, 2.75) is 0 Å². The molecule has 5 aromatic rings. The number of fused-ring (bicyclic) bond motifs is 6. The molecule has 1 aliphatic carbocycles. The molecule has 0 bridgehead atoms. The van der Waals surface area contributed by atoms with Gasteiger partial charge in [0.25, 0.3) is 0 Å². The van der Waals surface area contributed by atoms with Crippen molar-refractivity contribution in [3.8, 4) is 11.1 Å². The zero-order chi connectivity index (χ0) is 20.4. The van der Waals surface area contributed by atoms with Crippen LogP contribution in [0.15, 0.2) is 109 Å². The van der Waals surface area contributed by atoms with Gasteiger partial charge in [0, 0.05) is 0 Å². The molecule has 1 heterocycles. The van der Waals surface area contributed by atoms with Crippen molar-refractivity contribution < 1.29 is 0 Å².